The van der Waals surface area contributed by atoms with Crippen LogP contribution < -0.4 is 11.0 Å². The van der Waals surface area contributed by atoms with E-state index in [0.29, 0.717) is 12.5 Å². The molecule has 2 aliphatic heterocycles. The first-order valence-electron chi connectivity index (χ1n) is 9.29. The van der Waals surface area contributed by atoms with E-state index in [9.17, 15) is 27.9 Å². The number of likely N-dealkylation sites (tertiary alicyclic amines) is 1. The maximum atomic E-state index is 13.3. The summed E-state index contributed by atoms with van der Waals surface area (Å²) >= 11 is 0. The number of aromatic nitrogens is 2. The molecule has 1 aromatic heterocycles. The molecule has 2 amide bonds. The first-order valence-corrected chi connectivity index (χ1v) is 9.29. The van der Waals surface area contributed by atoms with E-state index in [1.165, 1.54) is 21.6 Å². The molecule has 8 nitrogen and oxygen atoms in total. The van der Waals surface area contributed by atoms with Crippen molar-refractivity contribution in [1.82, 2.24) is 19.4 Å². The van der Waals surface area contributed by atoms with Crippen molar-refractivity contribution in [2.24, 2.45) is 0 Å². The molecule has 2 N–H and O–H groups in total. The summed E-state index contributed by atoms with van der Waals surface area (Å²) in [5.41, 5.74) is -2.46. The highest BCUT2D eigenvalue weighted by Gasteiger charge is 2.49. The third-order valence-electron chi connectivity index (χ3n) is 5.42. The van der Waals surface area contributed by atoms with Gasteiger partial charge in [0.25, 0.3) is 0 Å². The Bertz CT molecular complexity index is 1140. The molecule has 0 unspecified atom stereocenters. The van der Waals surface area contributed by atoms with Gasteiger partial charge < -0.3 is 15.3 Å². The number of imidazole rings is 1. The molecule has 1 saturated heterocycles. The molecule has 0 aliphatic carbocycles. The van der Waals surface area contributed by atoms with Gasteiger partial charge in [0.1, 0.15) is 5.69 Å². The van der Waals surface area contributed by atoms with Crippen LogP contribution >= 0.6 is 0 Å². The monoisotopic (exact) mass is 421 g/mol. The lowest BCUT2D eigenvalue weighted by molar-refractivity contribution is -0.137. The maximum absolute atomic E-state index is 13.3. The number of fused-ring (bicyclic) bond motifs is 5. The molecule has 1 aromatic carbocycles. The van der Waals surface area contributed by atoms with Crippen molar-refractivity contribution in [2.75, 3.05) is 6.54 Å². The predicted octanol–water partition coefficient (Wildman–Crippen LogP) is 2.65. The van der Waals surface area contributed by atoms with E-state index in [1.807, 2.05) is 0 Å². The normalized spacial score (nSPS) is 19.8. The number of aromatic hydroxyl groups is 1. The van der Waals surface area contributed by atoms with E-state index in [4.69, 9.17) is 5.26 Å². The summed E-state index contributed by atoms with van der Waals surface area (Å²) in [6.07, 6.45) is -4.35. The quantitative estimate of drug-likeness (QED) is 0.778. The van der Waals surface area contributed by atoms with Crippen molar-refractivity contribution < 1.29 is 23.1 Å². The number of hydrogen-bond donors (Lipinski definition) is 2. The van der Waals surface area contributed by atoms with Crippen LogP contribution in [0.4, 0.5) is 18.0 Å². The third-order valence-corrected chi connectivity index (χ3v) is 5.42. The number of benzene rings is 1. The molecule has 4 rings (SSSR count). The molecule has 2 aromatic rings. The second-order valence-electron chi connectivity index (χ2n) is 7.70. The summed E-state index contributed by atoms with van der Waals surface area (Å²) in [6.45, 7) is 3.87. The van der Waals surface area contributed by atoms with Crippen LogP contribution in [-0.2, 0) is 6.18 Å². The van der Waals surface area contributed by atoms with Crippen LogP contribution in [0.1, 0.15) is 49.2 Å². The van der Waals surface area contributed by atoms with Gasteiger partial charge in [-0.2, -0.15) is 18.4 Å². The van der Waals surface area contributed by atoms with Crippen molar-refractivity contribution >= 4 is 6.03 Å². The molecule has 2 aliphatic rings. The molecular weight excluding hydrogens is 403 g/mol. The first-order chi connectivity index (χ1) is 14.0. The van der Waals surface area contributed by atoms with Crippen molar-refractivity contribution in [1.29, 1.82) is 5.26 Å². The number of carbonyl (C=O) groups excluding carboxylic acids is 1. The van der Waals surface area contributed by atoms with Gasteiger partial charge in [-0.1, -0.05) is 0 Å². The summed E-state index contributed by atoms with van der Waals surface area (Å²) in [4.78, 5) is 26.9. The second-order valence-corrected chi connectivity index (χ2v) is 7.70. The van der Waals surface area contributed by atoms with Gasteiger partial charge in [0.2, 0.25) is 5.88 Å². The Morgan fingerprint density at radius 1 is 1.37 bits per heavy atom. The van der Waals surface area contributed by atoms with E-state index >= 15 is 0 Å². The average Bonchev–Trinajstić information content (AvgIpc) is 3.31. The average molecular weight is 421 g/mol. The number of hydrogen-bond acceptors (Lipinski definition) is 4. The number of rotatable bonds is 2. The molecule has 0 radical (unpaired) electrons. The molecule has 30 heavy (non-hydrogen) atoms. The smallest absolute Gasteiger partial charge is 0.417 e. The van der Waals surface area contributed by atoms with Crippen LogP contribution in [-0.4, -0.2) is 37.8 Å². The van der Waals surface area contributed by atoms with Gasteiger partial charge >= 0.3 is 17.9 Å². The zero-order chi connectivity index (χ0) is 22.0. The summed E-state index contributed by atoms with van der Waals surface area (Å²) in [5.74, 6) is -0.507. The zero-order valence-corrected chi connectivity index (χ0v) is 16.1. The number of halogens is 3. The molecule has 2 bridgehead atoms. The Kier molecular flexibility index (Phi) is 4.34. The lowest BCUT2D eigenvalue weighted by Gasteiger charge is -2.28. The van der Waals surface area contributed by atoms with Gasteiger partial charge in [-0.25, -0.2) is 14.2 Å². The summed E-state index contributed by atoms with van der Waals surface area (Å²) in [5, 5.41) is 22.5. The van der Waals surface area contributed by atoms with E-state index in [-0.39, 0.29) is 36.0 Å². The maximum Gasteiger partial charge on any atom is 0.417 e. The predicted molar refractivity (Wildman–Crippen MR) is 98.2 cm³/mol. The van der Waals surface area contributed by atoms with Crippen LogP contribution in [0.15, 0.2) is 23.0 Å². The van der Waals surface area contributed by atoms with Crippen LogP contribution in [0, 0.1) is 11.3 Å². The molecule has 0 spiro atoms. The standard InChI is InChI=1S/C19H18F3N5O3/c1-9(2)24-17(29)25-8-12-6-14(25)15-16(28)27(18(30)26(12)15)11-4-3-10(7-23)13(5-11)19(20,21)22/h3-5,9,12,14,28H,6,8H2,1-2H3,(H,24,29)/t12-,14-/m0/s1. The van der Waals surface area contributed by atoms with Gasteiger partial charge in [-0.15, -0.1) is 0 Å². The number of alkyl halides is 3. The fourth-order valence-electron chi connectivity index (χ4n) is 4.24. The minimum Gasteiger partial charge on any atom is -0.493 e. The summed E-state index contributed by atoms with van der Waals surface area (Å²) in [6, 6.07) is 2.93. The Morgan fingerprint density at radius 3 is 2.67 bits per heavy atom. The lowest BCUT2D eigenvalue weighted by atomic mass is 10.1. The topological polar surface area (TPSA) is 103 Å². The minimum absolute atomic E-state index is 0.101. The van der Waals surface area contributed by atoms with Gasteiger partial charge in [-0.3, -0.25) is 4.57 Å². The first kappa shape index (κ1) is 19.9. The number of nitriles is 1. The third kappa shape index (κ3) is 2.82. The zero-order valence-electron chi connectivity index (χ0n) is 16.1. The van der Waals surface area contributed by atoms with Crippen molar-refractivity contribution in [2.45, 2.75) is 44.6 Å². The van der Waals surface area contributed by atoms with E-state index in [2.05, 4.69) is 5.32 Å². The Balaban J connectivity index is 1.80. The van der Waals surface area contributed by atoms with Gasteiger partial charge in [0.15, 0.2) is 0 Å². The molecular formula is C19H18F3N5O3. The van der Waals surface area contributed by atoms with Gasteiger partial charge in [0, 0.05) is 12.6 Å². The van der Waals surface area contributed by atoms with E-state index in [1.54, 1.807) is 13.8 Å². The summed E-state index contributed by atoms with van der Waals surface area (Å²) in [7, 11) is 0. The minimum atomic E-state index is -4.80. The summed E-state index contributed by atoms with van der Waals surface area (Å²) < 4.78 is 42.1. The van der Waals surface area contributed by atoms with E-state index < -0.39 is 34.9 Å². The van der Waals surface area contributed by atoms with Crippen molar-refractivity contribution in [3.63, 3.8) is 0 Å². The fourth-order valence-corrected chi connectivity index (χ4v) is 4.24. The fraction of sp³-hybridized carbons (Fsp3) is 0.421. The highest BCUT2D eigenvalue weighted by Crippen LogP contribution is 2.48. The highest BCUT2D eigenvalue weighted by molar-refractivity contribution is 5.76. The molecule has 0 saturated carbocycles. The number of nitrogens with zero attached hydrogens (tertiary/aromatic N) is 4. The molecule has 1 fully saturated rings. The van der Waals surface area contributed by atoms with Crippen molar-refractivity contribution in [3.8, 4) is 17.6 Å². The van der Waals surface area contributed by atoms with Crippen LogP contribution in [0.5, 0.6) is 5.88 Å². The van der Waals surface area contributed by atoms with Crippen LogP contribution in [0.3, 0.4) is 0 Å². The Labute approximate surface area is 168 Å². The highest BCUT2D eigenvalue weighted by atomic mass is 19.4. The van der Waals surface area contributed by atoms with Crippen LogP contribution in [0.2, 0.25) is 0 Å². The Morgan fingerprint density at radius 2 is 2.07 bits per heavy atom. The molecule has 3 heterocycles. The molecule has 158 valence electrons. The SMILES string of the molecule is CC(C)NC(=O)N1C[C@@H]2C[C@H]1c1c(O)n(-c3ccc(C#N)c(C(F)(F)F)c3)c(=O)n12. The number of amides is 2. The second kappa shape index (κ2) is 6.55. The van der Waals surface area contributed by atoms with Crippen LogP contribution in [0.25, 0.3) is 5.69 Å². The lowest BCUT2D eigenvalue weighted by Crippen LogP contribution is -2.45. The van der Waals surface area contributed by atoms with Gasteiger partial charge in [-0.05, 0) is 38.5 Å². The van der Waals surface area contributed by atoms with Crippen molar-refractivity contribution in [3.05, 3.63) is 45.5 Å². The Hall–Kier alpha value is -3.42. The molecule has 11 heteroatoms. The number of urea groups is 1. The van der Waals surface area contributed by atoms with Gasteiger partial charge in [0.05, 0.1) is 35.0 Å². The molecule has 2 atom stereocenters. The number of nitrogens with one attached hydrogen (secondary N) is 1. The number of carbonyl (C=O) groups is 1. The largest absolute Gasteiger partial charge is 0.493 e. The van der Waals surface area contributed by atoms with E-state index in [0.717, 1.165) is 10.6 Å².